The number of rotatable bonds is 17. The summed E-state index contributed by atoms with van der Waals surface area (Å²) in [6.07, 6.45) is 3.82. The van der Waals surface area contributed by atoms with Gasteiger partial charge in [-0.15, -0.1) is 0 Å². The molecule has 2 unspecified atom stereocenters. The van der Waals surface area contributed by atoms with Crippen LogP contribution in [0.3, 0.4) is 0 Å². The van der Waals surface area contributed by atoms with Crippen LogP contribution in [-0.2, 0) is 26.6 Å². The van der Waals surface area contributed by atoms with E-state index in [0.717, 1.165) is 32.2 Å². The fraction of sp³-hybridized carbons (Fsp3) is 1.00. The summed E-state index contributed by atoms with van der Waals surface area (Å²) in [5.41, 5.74) is -0.00681. The first-order valence-corrected chi connectivity index (χ1v) is 17.0. The van der Waals surface area contributed by atoms with Gasteiger partial charge in [0.25, 0.3) is 0 Å². The van der Waals surface area contributed by atoms with Crippen LogP contribution in [0.2, 0.25) is 12.1 Å². The van der Waals surface area contributed by atoms with Crippen LogP contribution >= 0.6 is 0 Å². The van der Waals surface area contributed by atoms with Crippen LogP contribution in [0.5, 0.6) is 0 Å². The van der Waals surface area contributed by atoms with Crippen molar-refractivity contribution in [1.82, 2.24) is 4.90 Å². The van der Waals surface area contributed by atoms with Gasteiger partial charge in [0, 0.05) is 52.2 Å². The second kappa shape index (κ2) is 18.9. The molecule has 0 aliphatic carbocycles. The average Bonchev–Trinajstić information content (AvgIpc) is 2.79. The minimum absolute atomic E-state index is 0.00340. The van der Waals surface area contributed by atoms with Crippen molar-refractivity contribution < 1.29 is 26.6 Å². The Balaban J connectivity index is 0. The first-order valence-electron chi connectivity index (χ1n) is 11.4. The summed E-state index contributed by atoms with van der Waals surface area (Å²) in [7, 11) is 4.65. The van der Waals surface area contributed by atoms with Crippen LogP contribution in [0.4, 0.5) is 0 Å². The van der Waals surface area contributed by atoms with Gasteiger partial charge in [-0.3, -0.25) is 4.90 Å². The van der Waals surface area contributed by atoms with E-state index in [1.54, 1.807) is 42.7 Å². The van der Waals surface area contributed by atoms with Gasteiger partial charge in [-0.25, -0.2) is 0 Å². The van der Waals surface area contributed by atoms with E-state index < -0.39 is 17.6 Å². The molecular weight excluding hydrogens is 434 g/mol. The van der Waals surface area contributed by atoms with Crippen LogP contribution in [0, 0.1) is 0 Å². The Morgan fingerprint density at radius 1 is 0.633 bits per heavy atom. The minimum atomic E-state index is -2.87. The quantitative estimate of drug-likeness (QED) is 0.292. The van der Waals surface area contributed by atoms with Crippen molar-refractivity contribution in [3.63, 3.8) is 0 Å². The summed E-state index contributed by atoms with van der Waals surface area (Å²) in [4.78, 5) is 2.38. The van der Waals surface area contributed by atoms with Crippen molar-refractivity contribution in [2.45, 2.75) is 83.7 Å². The summed E-state index contributed by atoms with van der Waals surface area (Å²) in [6, 6.07) is 2.97. The monoisotopic (exact) mass is 485 g/mol. The predicted molar refractivity (Wildman–Crippen MR) is 133 cm³/mol. The fourth-order valence-electron chi connectivity index (χ4n) is 3.91. The summed E-state index contributed by atoms with van der Waals surface area (Å²) < 4.78 is 34.8. The smallest absolute Gasteiger partial charge is 0.376 e. The molecule has 0 aromatic rings. The molecule has 0 saturated heterocycles. The van der Waals surface area contributed by atoms with Gasteiger partial charge in [-0.1, -0.05) is 53.1 Å². The highest BCUT2D eigenvalue weighted by molar-refractivity contribution is 6.64. The van der Waals surface area contributed by atoms with Crippen molar-refractivity contribution in [2.24, 2.45) is 0 Å². The van der Waals surface area contributed by atoms with Gasteiger partial charge >= 0.3 is 17.6 Å². The second-order valence-electron chi connectivity index (χ2n) is 7.22. The molecule has 30 heavy (non-hydrogen) atoms. The van der Waals surface area contributed by atoms with E-state index in [0.29, 0.717) is 9.52 Å². The number of unbranched alkanes of at least 4 members (excludes halogenated alkanes) is 1. The van der Waals surface area contributed by atoms with E-state index >= 15 is 0 Å². The lowest BCUT2D eigenvalue weighted by Gasteiger charge is -2.46. The Morgan fingerprint density at radius 3 is 1.13 bits per heavy atom. The van der Waals surface area contributed by atoms with Gasteiger partial charge in [0.2, 0.25) is 0 Å². The molecule has 0 aliphatic rings. The Morgan fingerprint density at radius 2 is 0.967 bits per heavy atom. The van der Waals surface area contributed by atoms with Crippen LogP contribution in [0.1, 0.15) is 60.3 Å². The topological polar surface area (TPSA) is 58.6 Å². The molecule has 184 valence electrons. The largest absolute Gasteiger partial charge is 0.518 e. The van der Waals surface area contributed by atoms with E-state index in [-0.39, 0.29) is 11.3 Å². The van der Waals surface area contributed by atoms with E-state index in [4.69, 9.17) is 26.6 Å². The zero-order chi connectivity index (χ0) is 23.6. The van der Waals surface area contributed by atoms with Crippen LogP contribution in [0.25, 0.3) is 0 Å². The Kier molecular flexibility index (Phi) is 20.5. The van der Waals surface area contributed by atoms with Crippen molar-refractivity contribution in [2.75, 3.05) is 49.2 Å². The molecule has 0 rings (SSSR count). The molecule has 0 aromatic carbocycles. The van der Waals surface area contributed by atoms with E-state index in [2.05, 4.69) is 39.5 Å². The zero-order valence-corrected chi connectivity index (χ0v) is 25.1. The third kappa shape index (κ3) is 9.08. The molecule has 10 heteroatoms. The number of nitrogens with zero attached hydrogens (tertiary/aromatic N) is 1. The highest BCUT2D eigenvalue weighted by Crippen LogP contribution is 2.29. The second-order valence-corrected chi connectivity index (χ2v) is 16.1. The lowest BCUT2D eigenvalue weighted by atomic mass is 10.2. The standard InChI is InChI=1S/C16H39NO6Si2.C4H12Si/c1-10-13-14-17(15(11-2)24(18-4,19-5)20-6)16(12-3)25(21-7,22-8)23-9;1-3-5-4-2/h15-16H,10-14H2,1-9H3;3-5H2,1-2H3. The van der Waals surface area contributed by atoms with E-state index in [1.165, 1.54) is 12.1 Å². The molecule has 7 nitrogen and oxygen atoms in total. The van der Waals surface area contributed by atoms with Gasteiger partial charge in [0.05, 0.1) is 11.3 Å². The summed E-state index contributed by atoms with van der Waals surface area (Å²) >= 11 is 0. The summed E-state index contributed by atoms with van der Waals surface area (Å²) in [5.74, 6) is 0. The molecule has 0 aromatic heterocycles. The first kappa shape index (κ1) is 32.5. The van der Waals surface area contributed by atoms with Crippen LogP contribution in [-0.4, -0.2) is 92.6 Å². The van der Waals surface area contributed by atoms with Gasteiger partial charge in [-0.2, -0.15) is 0 Å². The van der Waals surface area contributed by atoms with E-state index in [1.807, 2.05) is 0 Å². The number of hydrogen-bond donors (Lipinski definition) is 0. The molecule has 0 heterocycles. The molecule has 0 fully saturated rings. The fourth-order valence-corrected chi connectivity index (χ4v) is 9.83. The molecule has 0 bridgehead atoms. The maximum Gasteiger partial charge on any atom is 0.518 e. The maximum absolute atomic E-state index is 5.80. The normalized spacial score (nSPS) is 14.4. The third-order valence-corrected chi connectivity index (χ3v) is 13.5. The third-order valence-electron chi connectivity index (χ3n) is 5.57. The number of hydrogen-bond acceptors (Lipinski definition) is 7. The Bertz CT molecular complexity index is 341. The molecule has 0 spiro atoms. The van der Waals surface area contributed by atoms with Crippen molar-refractivity contribution in [1.29, 1.82) is 0 Å². The van der Waals surface area contributed by atoms with E-state index in [9.17, 15) is 0 Å². The van der Waals surface area contributed by atoms with Gasteiger partial charge in [-0.05, 0) is 25.8 Å². The SMILES string of the molecule is CCCCN(C(CC)[Si](OC)(OC)OC)C(CC)[Si](OC)(OC)OC.CC[SiH2]CC. The molecule has 2 atom stereocenters. The van der Waals surface area contributed by atoms with Crippen LogP contribution < -0.4 is 0 Å². The predicted octanol–water partition coefficient (Wildman–Crippen LogP) is 3.51. The highest BCUT2D eigenvalue weighted by Gasteiger charge is 2.57. The lowest BCUT2D eigenvalue weighted by Crippen LogP contribution is -2.69. The first-order chi connectivity index (χ1) is 14.4. The maximum atomic E-state index is 5.80. The van der Waals surface area contributed by atoms with Gasteiger partial charge in [0.15, 0.2) is 0 Å². The molecule has 0 N–H and O–H groups in total. The summed E-state index contributed by atoms with van der Waals surface area (Å²) in [6.45, 7) is 11.9. The van der Waals surface area contributed by atoms with Crippen molar-refractivity contribution in [3.8, 4) is 0 Å². The van der Waals surface area contributed by atoms with Gasteiger partial charge < -0.3 is 26.6 Å². The summed E-state index contributed by atoms with van der Waals surface area (Å²) in [5, 5.41) is 0. The van der Waals surface area contributed by atoms with Crippen molar-refractivity contribution in [3.05, 3.63) is 0 Å². The average molecular weight is 486 g/mol. The van der Waals surface area contributed by atoms with Gasteiger partial charge in [0.1, 0.15) is 0 Å². The molecule has 0 aliphatic heterocycles. The molecule has 0 amide bonds. The lowest BCUT2D eigenvalue weighted by molar-refractivity contribution is 0.0332. The zero-order valence-electron chi connectivity index (χ0n) is 21.7. The Labute approximate surface area is 191 Å². The Hall–Kier alpha value is 0.371. The molecule has 0 saturated carbocycles. The highest BCUT2D eigenvalue weighted by atomic mass is 28.4. The minimum Gasteiger partial charge on any atom is -0.376 e. The van der Waals surface area contributed by atoms with Crippen molar-refractivity contribution >= 4 is 27.1 Å². The molecule has 0 radical (unpaired) electrons. The van der Waals surface area contributed by atoms with Crippen LogP contribution in [0.15, 0.2) is 0 Å². The molecular formula is C20H51NO6Si3.